The summed E-state index contributed by atoms with van der Waals surface area (Å²) in [5.41, 5.74) is 3.12. The highest BCUT2D eigenvalue weighted by Gasteiger charge is 2.05. The number of thiocarbonyl (C=S) groups is 1. The number of benzene rings is 1. The van der Waals surface area contributed by atoms with Gasteiger partial charge in [0.05, 0.1) is 24.0 Å². The van der Waals surface area contributed by atoms with Gasteiger partial charge in [-0.3, -0.25) is 5.43 Å². The summed E-state index contributed by atoms with van der Waals surface area (Å²) in [7, 11) is 0. The van der Waals surface area contributed by atoms with Crippen molar-refractivity contribution >= 4 is 35.1 Å². The lowest BCUT2D eigenvalue weighted by Crippen LogP contribution is -2.31. The lowest BCUT2D eigenvalue weighted by Gasteiger charge is -2.05. The van der Waals surface area contributed by atoms with Gasteiger partial charge in [0.25, 0.3) is 0 Å². The van der Waals surface area contributed by atoms with Crippen LogP contribution in [0.4, 0.5) is 0 Å². The molecule has 0 aliphatic carbocycles. The third-order valence-electron chi connectivity index (χ3n) is 2.45. The van der Waals surface area contributed by atoms with E-state index in [0.29, 0.717) is 17.2 Å². The van der Waals surface area contributed by atoms with Crippen LogP contribution in [0.2, 0.25) is 5.02 Å². The van der Waals surface area contributed by atoms with Crippen LogP contribution in [0.5, 0.6) is 11.5 Å². The molecule has 110 valence electrons. The summed E-state index contributed by atoms with van der Waals surface area (Å²) in [5.74, 6) is 0.0678. The predicted molar refractivity (Wildman–Crippen MR) is 83.7 cm³/mol. The molecular formula is C13H12ClN3O3S. The monoisotopic (exact) mass is 325 g/mol. The molecule has 0 atom stereocenters. The zero-order chi connectivity index (χ0) is 15.2. The fourth-order valence-corrected chi connectivity index (χ4v) is 1.81. The van der Waals surface area contributed by atoms with Gasteiger partial charge in [0.2, 0.25) is 0 Å². The second-order valence-electron chi connectivity index (χ2n) is 4.00. The Morgan fingerprint density at radius 3 is 2.90 bits per heavy atom. The highest BCUT2D eigenvalue weighted by atomic mass is 35.5. The molecule has 1 aromatic carbocycles. The minimum Gasteiger partial charge on any atom is -0.504 e. The van der Waals surface area contributed by atoms with Gasteiger partial charge < -0.3 is 19.9 Å². The van der Waals surface area contributed by atoms with Crippen molar-refractivity contribution in [3.63, 3.8) is 0 Å². The van der Waals surface area contributed by atoms with Gasteiger partial charge >= 0.3 is 0 Å². The lowest BCUT2D eigenvalue weighted by atomic mass is 10.2. The topological polar surface area (TPSA) is 90.0 Å². The van der Waals surface area contributed by atoms with Crippen molar-refractivity contribution in [2.24, 2.45) is 5.10 Å². The Morgan fingerprint density at radius 2 is 2.24 bits per heavy atom. The van der Waals surface area contributed by atoms with Crippen molar-refractivity contribution in [1.29, 1.82) is 0 Å². The number of rotatable bonds is 4. The molecule has 0 aliphatic heterocycles. The highest BCUT2D eigenvalue weighted by Crippen LogP contribution is 2.33. The first-order valence-corrected chi connectivity index (χ1v) is 6.65. The molecule has 0 aliphatic rings. The van der Waals surface area contributed by atoms with Crippen LogP contribution in [0.25, 0.3) is 0 Å². The standard InChI is InChI=1S/C13H12ClN3O3S/c14-10-4-8(5-11(18)12(10)19)6-16-17-13(21)15-7-9-2-1-3-20-9/h1-6,18-19H,7H2,(H2,15,17,21)/b16-6+. The number of hydrogen-bond acceptors (Lipinski definition) is 5. The van der Waals surface area contributed by atoms with E-state index in [2.05, 4.69) is 15.8 Å². The van der Waals surface area contributed by atoms with Gasteiger partial charge in [0.15, 0.2) is 16.6 Å². The van der Waals surface area contributed by atoms with Crippen molar-refractivity contribution in [2.45, 2.75) is 6.54 Å². The summed E-state index contributed by atoms with van der Waals surface area (Å²) < 4.78 is 5.14. The highest BCUT2D eigenvalue weighted by molar-refractivity contribution is 7.80. The van der Waals surface area contributed by atoms with E-state index in [1.54, 1.807) is 12.3 Å². The molecule has 0 fully saturated rings. The molecule has 1 aromatic heterocycles. The van der Waals surface area contributed by atoms with Crippen molar-refractivity contribution in [3.05, 3.63) is 46.9 Å². The van der Waals surface area contributed by atoms with E-state index in [0.717, 1.165) is 5.76 Å². The van der Waals surface area contributed by atoms with Crippen LogP contribution in [0, 0.1) is 0 Å². The largest absolute Gasteiger partial charge is 0.504 e. The van der Waals surface area contributed by atoms with Crippen LogP contribution in [0.3, 0.4) is 0 Å². The van der Waals surface area contributed by atoms with E-state index in [1.165, 1.54) is 18.3 Å². The number of nitrogens with one attached hydrogen (secondary N) is 2. The lowest BCUT2D eigenvalue weighted by molar-refractivity contribution is 0.404. The Hall–Kier alpha value is -2.25. The Bertz CT molecular complexity index is 636. The molecule has 0 radical (unpaired) electrons. The zero-order valence-electron chi connectivity index (χ0n) is 10.7. The van der Waals surface area contributed by atoms with E-state index >= 15 is 0 Å². The van der Waals surface area contributed by atoms with E-state index in [9.17, 15) is 10.2 Å². The third kappa shape index (κ3) is 4.37. The summed E-state index contributed by atoms with van der Waals surface area (Å²) in [6.07, 6.45) is 2.98. The third-order valence-corrected chi connectivity index (χ3v) is 2.97. The smallest absolute Gasteiger partial charge is 0.187 e. The fraction of sp³-hybridized carbons (Fsp3) is 0.0769. The Kier molecular flexibility index (Phi) is 5.02. The first kappa shape index (κ1) is 15.1. The number of hydrazone groups is 1. The summed E-state index contributed by atoms with van der Waals surface area (Å²) in [6, 6.07) is 6.39. The van der Waals surface area contributed by atoms with Crippen LogP contribution < -0.4 is 10.7 Å². The molecule has 0 unspecified atom stereocenters. The molecule has 0 spiro atoms. The molecule has 21 heavy (non-hydrogen) atoms. The number of phenols is 2. The molecule has 4 N–H and O–H groups in total. The molecule has 0 saturated carbocycles. The van der Waals surface area contributed by atoms with Crippen LogP contribution in [0.1, 0.15) is 11.3 Å². The van der Waals surface area contributed by atoms with Crippen molar-refractivity contribution in [2.75, 3.05) is 0 Å². The quantitative estimate of drug-likeness (QED) is 0.298. The molecule has 8 heteroatoms. The predicted octanol–water partition coefficient (Wildman–Crippen LogP) is 2.34. The van der Waals surface area contributed by atoms with Gasteiger partial charge in [-0.05, 0) is 42.0 Å². The summed E-state index contributed by atoms with van der Waals surface area (Å²) >= 11 is 10.7. The number of phenolic OH excluding ortho intramolecular Hbond substituents is 2. The van der Waals surface area contributed by atoms with Gasteiger partial charge in [-0.25, -0.2) is 0 Å². The number of halogens is 1. The number of aromatic hydroxyl groups is 2. The normalized spacial score (nSPS) is 10.7. The maximum absolute atomic E-state index is 9.41. The average Bonchev–Trinajstić information content (AvgIpc) is 2.96. The second kappa shape index (κ2) is 6.96. The summed E-state index contributed by atoms with van der Waals surface area (Å²) in [6.45, 7) is 0.445. The molecule has 0 amide bonds. The van der Waals surface area contributed by atoms with Gasteiger partial charge in [0.1, 0.15) is 5.76 Å². The number of nitrogens with zero attached hydrogens (tertiary/aromatic N) is 1. The molecule has 2 aromatic rings. The molecule has 2 rings (SSSR count). The maximum Gasteiger partial charge on any atom is 0.187 e. The molecular weight excluding hydrogens is 314 g/mol. The SMILES string of the molecule is Oc1cc(/C=N/NC(=S)NCc2ccco2)cc(Cl)c1O. The van der Waals surface area contributed by atoms with Crippen LogP contribution in [0.15, 0.2) is 40.0 Å². The van der Waals surface area contributed by atoms with E-state index < -0.39 is 0 Å². The van der Waals surface area contributed by atoms with Crippen LogP contribution in [-0.4, -0.2) is 21.5 Å². The first-order valence-electron chi connectivity index (χ1n) is 5.87. The molecule has 1 heterocycles. The maximum atomic E-state index is 9.41. The van der Waals surface area contributed by atoms with Crippen molar-refractivity contribution < 1.29 is 14.6 Å². The van der Waals surface area contributed by atoms with E-state index in [-0.39, 0.29) is 16.5 Å². The van der Waals surface area contributed by atoms with Gasteiger partial charge in [-0.2, -0.15) is 5.10 Å². The van der Waals surface area contributed by atoms with Gasteiger partial charge in [-0.15, -0.1) is 0 Å². The Balaban J connectivity index is 1.86. The molecule has 0 bridgehead atoms. The van der Waals surface area contributed by atoms with Crippen LogP contribution in [-0.2, 0) is 6.54 Å². The van der Waals surface area contributed by atoms with Gasteiger partial charge in [0, 0.05) is 0 Å². The number of hydrogen-bond donors (Lipinski definition) is 4. The van der Waals surface area contributed by atoms with Crippen molar-refractivity contribution in [1.82, 2.24) is 10.7 Å². The Labute approximate surface area is 131 Å². The fourth-order valence-electron chi connectivity index (χ4n) is 1.46. The summed E-state index contributed by atoms with van der Waals surface area (Å²) in [5, 5.41) is 25.9. The van der Waals surface area contributed by atoms with E-state index in [4.69, 9.17) is 28.2 Å². The Morgan fingerprint density at radius 1 is 1.43 bits per heavy atom. The zero-order valence-corrected chi connectivity index (χ0v) is 12.3. The average molecular weight is 326 g/mol. The number of furan rings is 1. The van der Waals surface area contributed by atoms with Gasteiger partial charge in [-0.1, -0.05) is 11.6 Å². The molecule has 6 nitrogen and oxygen atoms in total. The minimum atomic E-state index is -0.364. The van der Waals surface area contributed by atoms with Crippen LogP contribution >= 0.6 is 23.8 Å². The molecule has 0 saturated heterocycles. The van der Waals surface area contributed by atoms with Crippen molar-refractivity contribution in [3.8, 4) is 11.5 Å². The minimum absolute atomic E-state index is 0.0370. The summed E-state index contributed by atoms with van der Waals surface area (Å²) in [4.78, 5) is 0. The second-order valence-corrected chi connectivity index (χ2v) is 4.82. The van der Waals surface area contributed by atoms with E-state index in [1.807, 2.05) is 6.07 Å². The first-order chi connectivity index (χ1) is 10.1.